The van der Waals surface area contributed by atoms with Gasteiger partial charge in [-0.25, -0.2) is 0 Å². The van der Waals surface area contributed by atoms with Crippen LogP contribution in [0.25, 0.3) is 0 Å². The number of allylic oxidation sites excluding steroid dienone is 1. The van der Waals surface area contributed by atoms with Gasteiger partial charge in [-0.1, -0.05) is 29.4 Å². The Labute approximate surface area is 206 Å². The zero-order valence-corrected chi connectivity index (χ0v) is 20.1. The van der Waals surface area contributed by atoms with Crippen molar-refractivity contribution in [1.29, 1.82) is 0 Å². The molecule has 34 heavy (non-hydrogen) atoms. The molecule has 3 aromatic rings. The van der Waals surface area contributed by atoms with E-state index in [4.69, 9.17) is 16.3 Å². The standard InChI is InChI=1S/C23H24ClN5O4S/c1-3-12-28-21(5-4-13-33-20-11-6-17(24)14-16(20)2)26-27-23(28)34-15-22(30)25-18-7-9-19(10-8-18)29(31)32/h3,6-11,14H,1,4-5,12-13,15H2,2H3,(H,25,30). The summed E-state index contributed by atoms with van der Waals surface area (Å²) in [6.45, 7) is 6.78. The normalized spacial score (nSPS) is 10.6. The topological polar surface area (TPSA) is 112 Å². The summed E-state index contributed by atoms with van der Waals surface area (Å²) in [6.07, 6.45) is 3.15. The molecule has 1 N–H and O–H groups in total. The Kier molecular flexibility index (Phi) is 9.06. The number of amides is 1. The van der Waals surface area contributed by atoms with Crippen molar-refractivity contribution in [2.75, 3.05) is 17.7 Å². The molecule has 0 saturated heterocycles. The lowest BCUT2D eigenvalue weighted by Crippen LogP contribution is -2.15. The maximum absolute atomic E-state index is 12.3. The van der Waals surface area contributed by atoms with Crippen molar-refractivity contribution in [3.8, 4) is 5.75 Å². The van der Waals surface area contributed by atoms with Crippen LogP contribution in [0.3, 0.4) is 0 Å². The number of aromatic nitrogens is 3. The average Bonchev–Trinajstić information content (AvgIpc) is 3.18. The molecule has 3 rings (SSSR count). The number of benzene rings is 2. The zero-order chi connectivity index (χ0) is 24.5. The van der Waals surface area contributed by atoms with Gasteiger partial charge in [0.15, 0.2) is 5.16 Å². The van der Waals surface area contributed by atoms with E-state index in [0.717, 1.165) is 23.6 Å². The van der Waals surface area contributed by atoms with Crippen molar-refractivity contribution in [1.82, 2.24) is 14.8 Å². The molecule has 178 valence electrons. The van der Waals surface area contributed by atoms with Gasteiger partial charge in [0.2, 0.25) is 5.91 Å². The number of nitrogens with zero attached hydrogens (tertiary/aromatic N) is 4. The summed E-state index contributed by atoms with van der Waals surface area (Å²) in [4.78, 5) is 22.6. The first-order chi connectivity index (χ1) is 16.4. The number of carbonyl (C=O) groups excluding carboxylic acids is 1. The van der Waals surface area contributed by atoms with E-state index < -0.39 is 4.92 Å². The first kappa shape index (κ1) is 25.3. The third kappa shape index (κ3) is 7.06. The maximum Gasteiger partial charge on any atom is 0.269 e. The average molecular weight is 502 g/mol. The second-order valence-corrected chi connectivity index (χ2v) is 8.68. The summed E-state index contributed by atoms with van der Waals surface area (Å²) < 4.78 is 7.77. The van der Waals surface area contributed by atoms with Crippen LogP contribution in [-0.4, -0.2) is 38.0 Å². The van der Waals surface area contributed by atoms with E-state index >= 15 is 0 Å². The Hall–Kier alpha value is -3.37. The van der Waals surface area contributed by atoms with Crippen LogP contribution in [0, 0.1) is 17.0 Å². The molecule has 0 saturated carbocycles. The molecular formula is C23H24ClN5O4S. The highest BCUT2D eigenvalue weighted by atomic mass is 35.5. The largest absolute Gasteiger partial charge is 0.493 e. The molecule has 11 heteroatoms. The molecular weight excluding hydrogens is 478 g/mol. The van der Waals surface area contributed by atoms with Crippen molar-refractivity contribution >= 4 is 40.6 Å². The molecule has 1 heterocycles. The second-order valence-electron chi connectivity index (χ2n) is 7.30. The van der Waals surface area contributed by atoms with Crippen LogP contribution < -0.4 is 10.1 Å². The van der Waals surface area contributed by atoms with E-state index in [2.05, 4.69) is 22.1 Å². The number of nitrogens with one attached hydrogen (secondary N) is 1. The number of hydrogen-bond donors (Lipinski definition) is 1. The minimum atomic E-state index is -0.490. The van der Waals surface area contributed by atoms with E-state index in [-0.39, 0.29) is 17.3 Å². The van der Waals surface area contributed by atoms with E-state index in [1.807, 2.05) is 23.6 Å². The number of carbonyl (C=O) groups is 1. The molecule has 2 aromatic carbocycles. The van der Waals surface area contributed by atoms with Crippen molar-refractivity contribution in [2.45, 2.75) is 31.5 Å². The van der Waals surface area contributed by atoms with Crippen LogP contribution in [0.15, 0.2) is 60.3 Å². The lowest BCUT2D eigenvalue weighted by atomic mass is 10.2. The Morgan fingerprint density at radius 1 is 1.29 bits per heavy atom. The number of non-ortho nitro benzene ring substituents is 1. The Morgan fingerprint density at radius 2 is 2.06 bits per heavy atom. The zero-order valence-electron chi connectivity index (χ0n) is 18.6. The predicted octanol–water partition coefficient (Wildman–Crippen LogP) is 5.08. The van der Waals surface area contributed by atoms with Gasteiger partial charge in [0, 0.05) is 35.8 Å². The van der Waals surface area contributed by atoms with Gasteiger partial charge < -0.3 is 14.6 Å². The fourth-order valence-electron chi connectivity index (χ4n) is 3.10. The maximum atomic E-state index is 12.3. The molecule has 0 bridgehead atoms. The number of thioether (sulfide) groups is 1. The number of nitro benzene ring substituents is 1. The summed E-state index contributed by atoms with van der Waals surface area (Å²) in [5, 5.41) is 23.2. The minimum absolute atomic E-state index is 0.0360. The monoisotopic (exact) mass is 501 g/mol. The number of anilines is 1. The first-order valence-corrected chi connectivity index (χ1v) is 11.8. The number of halogens is 1. The van der Waals surface area contributed by atoms with E-state index in [9.17, 15) is 14.9 Å². The van der Waals surface area contributed by atoms with Crippen LogP contribution in [0.2, 0.25) is 5.02 Å². The molecule has 0 aliphatic rings. The fourth-order valence-corrected chi connectivity index (χ4v) is 4.10. The highest BCUT2D eigenvalue weighted by Gasteiger charge is 2.14. The van der Waals surface area contributed by atoms with E-state index in [1.54, 1.807) is 12.1 Å². The molecule has 0 atom stereocenters. The summed E-state index contributed by atoms with van der Waals surface area (Å²) in [6, 6.07) is 11.2. The lowest BCUT2D eigenvalue weighted by molar-refractivity contribution is -0.384. The molecule has 9 nitrogen and oxygen atoms in total. The van der Waals surface area contributed by atoms with E-state index in [1.165, 1.54) is 36.0 Å². The SMILES string of the molecule is C=CCn1c(CCCOc2ccc(Cl)cc2C)nnc1SCC(=O)Nc1ccc([N+](=O)[O-])cc1. The van der Waals surface area contributed by atoms with Gasteiger partial charge >= 0.3 is 0 Å². The Balaban J connectivity index is 1.51. The molecule has 1 amide bonds. The van der Waals surface area contributed by atoms with Gasteiger partial charge in [-0.15, -0.1) is 16.8 Å². The fraction of sp³-hybridized carbons (Fsp3) is 0.261. The smallest absolute Gasteiger partial charge is 0.269 e. The number of hydrogen-bond acceptors (Lipinski definition) is 7. The third-order valence-corrected chi connectivity index (χ3v) is 5.94. The number of aryl methyl sites for hydroxylation is 2. The van der Waals surface area contributed by atoms with Crippen LogP contribution in [0.1, 0.15) is 17.8 Å². The van der Waals surface area contributed by atoms with Gasteiger partial charge in [0.1, 0.15) is 11.6 Å². The number of ether oxygens (including phenoxy) is 1. The highest BCUT2D eigenvalue weighted by molar-refractivity contribution is 7.99. The third-order valence-electron chi connectivity index (χ3n) is 4.74. The van der Waals surface area contributed by atoms with Crippen molar-refractivity contribution < 1.29 is 14.5 Å². The molecule has 0 spiro atoms. The Morgan fingerprint density at radius 3 is 2.74 bits per heavy atom. The van der Waals surface area contributed by atoms with Gasteiger partial charge in [-0.2, -0.15) is 0 Å². The van der Waals surface area contributed by atoms with Crippen LogP contribution in [0.5, 0.6) is 5.75 Å². The summed E-state index contributed by atoms with van der Waals surface area (Å²) in [5.41, 5.74) is 1.43. The van der Waals surface area contributed by atoms with Crippen molar-refractivity contribution in [2.24, 2.45) is 0 Å². The molecule has 0 radical (unpaired) electrons. The van der Waals surface area contributed by atoms with Gasteiger partial charge in [-0.3, -0.25) is 14.9 Å². The number of nitro groups is 1. The highest BCUT2D eigenvalue weighted by Crippen LogP contribution is 2.23. The molecule has 0 unspecified atom stereocenters. The van der Waals surface area contributed by atoms with Crippen LogP contribution in [0.4, 0.5) is 11.4 Å². The van der Waals surface area contributed by atoms with Gasteiger partial charge in [0.05, 0.1) is 17.3 Å². The van der Waals surface area contributed by atoms with E-state index in [0.29, 0.717) is 35.4 Å². The first-order valence-electron chi connectivity index (χ1n) is 10.5. The Bertz CT molecular complexity index is 1170. The minimum Gasteiger partial charge on any atom is -0.493 e. The number of rotatable bonds is 12. The summed E-state index contributed by atoms with van der Waals surface area (Å²) >= 11 is 7.24. The summed E-state index contributed by atoms with van der Waals surface area (Å²) in [5.74, 6) is 1.45. The van der Waals surface area contributed by atoms with Crippen molar-refractivity contribution in [3.05, 3.63) is 81.6 Å². The van der Waals surface area contributed by atoms with Gasteiger partial charge in [0.25, 0.3) is 5.69 Å². The molecule has 1 aromatic heterocycles. The van der Waals surface area contributed by atoms with Crippen molar-refractivity contribution in [3.63, 3.8) is 0 Å². The molecule has 0 aliphatic heterocycles. The predicted molar refractivity (Wildman–Crippen MR) is 133 cm³/mol. The molecule has 0 fully saturated rings. The second kappa shape index (κ2) is 12.2. The van der Waals surface area contributed by atoms with Gasteiger partial charge in [-0.05, 0) is 49.2 Å². The van der Waals surface area contributed by atoms with Crippen LogP contribution >= 0.6 is 23.4 Å². The summed E-state index contributed by atoms with van der Waals surface area (Å²) in [7, 11) is 0. The van der Waals surface area contributed by atoms with Crippen LogP contribution in [-0.2, 0) is 17.8 Å². The molecule has 0 aliphatic carbocycles. The quantitative estimate of drug-likeness (QED) is 0.121. The lowest BCUT2D eigenvalue weighted by Gasteiger charge is -2.10.